The molecule has 0 spiro atoms. The molecule has 0 atom stereocenters. The van der Waals surface area contributed by atoms with Crippen LogP contribution in [-0.4, -0.2) is 25.5 Å². The van der Waals surface area contributed by atoms with Crippen molar-refractivity contribution < 1.29 is 14.3 Å². The second-order valence-corrected chi connectivity index (χ2v) is 4.75. The lowest BCUT2D eigenvalue weighted by molar-refractivity contribution is -0.137. The van der Waals surface area contributed by atoms with Crippen molar-refractivity contribution in [3.63, 3.8) is 0 Å². The average Bonchev–Trinajstić information content (AvgIpc) is 2.55. The van der Waals surface area contributed by atoms with Crippen LogP contribution in [0.15, 0.2) is 28.7 Å². The zero-order valence-corrected chi connectivity index (χ0v) is 11.7. The highest BCUT2D eigenvalue weighted by Gasteiger charge is 2.30. The molecule has 18 heavy (non-hydrogen) atoms. The zero-order valence-electron chi connectivity index (χ0n) is 10.1. The highest BCUT2D eigenvalue weighted by Crippen LogP contribution is 2.37. The summed E-state index contributed by atoms with van der Waals surface area (Å²) < 4.78 is 5.70. The summed E-state index contributed by atoms with van der Waals surface area (Å²) in [6, 6.07) is 5.51. The van der Waals surface area contributed by atoms with Crippen LogP contribution in [0.5, 0.6) is 0 Å². The highest BCUT2D eigenvalue weighted by molar-refractivity contribution is 9.10. The second-order valence-electron chi connectivity index (χ2n) is 3.84. The summed E-state index contributed by atoms with van der Waals surface area (Å²) in [6.45, 7) is 2.02. The fourth-order valence-electron chi connectivity index (χ4n) is 1.86. The minimum atomic E-state index is -0.498. The first kappa shape index (κ1) is 12.8. The maximum Gasteiger partial charge on any atom is 0.331 e. The van der Waals surface area contributed by atoms with E-state index in [1.54, 1.807) is 14.0 Å². The first-order valence-corrected chi connectivity index (χ1v) is 6.30. The molecule has 0 bridgehead atoms. The van der Waals surface area contributed by atoms with E-state index in [1.165, 1.54) is 11.0 Å². The number of benzene rings is 1. The number of hydrogen-bond donors (Lipinski definition) is 0. The van der Waals surface area contributed by atoms with E-state index in [0.717, 1.165) is 15.7 Å². The summed E-state index contributed by atoms with van der Waals surface area (Å²) in [4.78, 5) is 25.0. The summed E-state index contributed by atoms with van der Waals surface area (Å²) in [5.74, 6) is -0.696. The molecule has 2 rings (SSSR count). The quantitative estimate of drug-likeness (QED) is 0.622. The number of carbonyl (C=O) groups is 2. The number of nitrogens with zero attached hydrogens (tertiary/aromatic N) is 1. The first-order valence-electron chi connectivity index (χ1n) is 5.51. The Hall–Kier alpha value is -1.62. The van der Waals surface area contributed by atoms with Crippen molar-refractivity contribution in [3.8, 4) is 0 Å². The molecule has 1 amide bonds. The van der Waals surface area contributed by atoms with E-state index in [9.17, 15) is 9.59 Å². The van der Waals surface area contributed by atoms with E-state index in [0.29, 0.717) is 5.57 Å². The molecule has 0 unspecified atom stereocenters. The number of carbonyl (C=O) groups excluding carboxylic acids is 2. The number of rotatable bonds is 2. The van der Waals surface area contributed by atoms with Crippen LogP contribution in [0.2, 0.25) is 0 Å². The summed E-state index contributed by atoms with van der Waals surface area (Å²) in [7, 11) is 1.68. The maximum absolute atomic E-state index is 12.0. The van der Waals surface area contributed by atoms with Gasteiger partial charge in [0.1, 0.15) is 0 Å². The number of anilines is 1. The predicted octanol–water partition coefficient (Wildman–Crippen LogP) is 2.37. The van der Waals surface area contributed by atoms with Crippen LogP contribution >= 0.6 is 15.9 Å². The van der Waals surface area contributed by atoms with Crippen LogP contribution in [0.1, 0.15) is 12.5 Å². The van der Waals surface area contributed by atoms with Crippen molar-refractivity contribution in [3.05, 3.63) is 34.3 Å². The van der Waals surface area contributed by atoms with E-state index in [1.807, 2.05) is 18.2 Å². The van der Waals surface area contributed by atoms with Gasteiger partial charge in [-0.25, -0.2) is 4.79 Å². The Labute approximate surface area is 113 Å². The molecular weight excluding hydrogens is 298 g/mol. The average molecular weight is 310 g/mol. The zero-order chi connectivity index (χ0) is 13.3. The van der Waals surface area contributed by atoms with Crippen molar-refractivity contribution in [1.29, 1.82) is 0 Å². The Kier molecular flexibility index (Phi) is 3.52. The van der Waals surface area contributed by atoms with Crippen molar-refractivity contribution >= 4 is 39.1 Å². The molecule has 94 valence electrons. The van der Waals surface area contributed by atoms with E-state index < -0.39 is 5.97 Å². The van der Waals surface area contributed by atoms with Gasteiger partial charge in [0, 0.05) is 23.2 Å². The molecule has 0 fully saturated rings. The largest absolute Gasteiger partial charge is 0.463 e. The Morgan fingerprint density at radius 2 is 2.22 bits per heavy atom. The van der Waals surface area contributed by atoms with Crippen LogP contribution in [0.4, 0.5) is 5.69 Å². The van der Waals surface area contributed by atoms with Gasteiger partial charge < -0.3 is 9.64 Å². The predicted molar refractivity (Wildman–Crippen MR) is 72.2 cm³/mol. The smallest absolute Gasteiger partial charge is 0.331 e. The molecule has 0 radical (unpaired) electrons. The van der Waals surface area contributed by atoms with Gasteiger partial charge in [0.2, 0.25) is 0 Å². The molecule has 0 aromatic heterocycles. The molecule has 5 heteroatoms. The lowest BCUT2D eigenvalue weighted by Crippen LogP contribution is -2.20. The van der Waals surface area contributed by atoms with Gasteiger partial charge in [-0.05, 0) is 25.1 Å². The van der Waals surface area contributed by atoms with E-state index >= 15 is 0 Å². The maximum atomic E-state index is 12.0. The second kappa shape index (κ2) is 4.94. The van der Waals surface area contributed by atoms with Gasteiger partial charge in [-0.3, -0.25) is 4.79 Å². The Balaban J connectivity index is 2.48. The number of halogens is 1. The number of amides is 1. The van der Waals surface area contributed by atoms with Crippen LogP contribution < -0.4 is 4.90 Å². The molecule has 0 N–H and O–H groups in total. The monoisotopic (exact) mass is 309 g/mol. The van der Waals surface area contributed by atoms with Crippen molar-refractivity contribution in [1.82, 2.24) is 0 Å². The Morgan fingerprint density at radius 3 is 2.89 bits per heavy atom. The molecule has 0 saturated heterocycles. The molecule has 1 aromatic carbocycles. The van der Waals surface area contributed by atoms with Crippen LogP contribution in [0.25, 0.3) is 5.57 Å². The van der Waals surface area contributed by atoms with Gasteiger partial charge in [0.25, 0.3) is 5.91 Å². The molecular formula is C13H12BrNO3. The van der Waals surface area contributed by atoms with Gasteiger partial charge in [-0.15, -0.1) is 0 Å². The third-order valence-electron chi connectivity index (χ3n) is 2.69. The van der Waals surface area contributed by atoms with Crippen molar-refractivity contribution in [2.24, 2.45) is 0 Å². The molecule has 1 aliphatic heterocycles. The van der Waals surface area contributed by atoms with Crippen molar-refractivity contribution in [2.45, 2.75) is 6.92 Å². The van der Waals surface area contributed by atoms with Gasteiger partial charge in [0.05, 0.1) is 17.9 Å². The fourth-order valence-corrected chi connectivity index (χ4v) is 2.22. The number of ether oxygens (including phenoxy) is 1. The van der Waals surface area contributed by atoms with Crippen LogP contribution in [0.3, 0.4) is 0 Å². The minimum Gasteiger partial charge on any atom is -0.463 e. The lowest BCUT2D eigenvalue weighted by Gasteiger charge is -2.08. The number of likely N-dealkylation sites (N-methyl/N-ethyl adjacent to an activating group) is 1. The van der Waals surface area contributed by atoms with E-state index in [-0.39, 0.29) is 12.5 Å². The third-order valence-corrected chi connectivity index (χ3v) is 3.19. The molecule has 4 nitrogen and oxygen atoms in total. The third kappa shape index (κ3) is 2.18. The summed E-state index contributed by atoms with van der Waals surface area (Å²) in [5.41, 5.74) is 1.90. The van der Waals surface area contributed by atoms with Gasteiger partial charge in [0.15, 0.2) is 0 Å². The SMILES string of the molecule is CCOC(=O)C=C1C(=O)N(C)c2ccc(Br)cc21. The number of esters is 1. The number of fused-ring (bicyclic) bond motifs is 1. The van der Waals surface area contributed by atoms with Crippen LogP contribution in [0, 0.1) is 0 Å². The summed E-state index contributed by atoms with van der Waals surface area (Å²) in [6.07, 6.45) is 1.25. The Morgan fingerprint density at radius 1 is 1.50 bits per heavy atom. The molecule has 1 aromatic rings. The minimum absolute atomic E-state index is 0.198. The lowest BCUT2D eigenvalue weighted by atomic mass is 10.1. The molecule has 0 aliphatic carbocycles. The fraction of sp³-hybridized carbons (Fsp3) is 0.231. The van der Waals surface area contributed by atoms with Gasteiger partial charge >= 0.3 is 5.97 Å². The van der Waals surface area contributed by atoms with Gasteiger partial charge in [-0.2, -0.15) is 0 Å². The summed E-state index contributed by atoms with van der Waals surface area (Å²) >= 11 is 3.36. The van der Waals surface area contributed by atoms with E-state index in [2.05, 4.69) is 15.9 Å². The molecule has 0 saturated carbocycles. The highest BCUT2D eigenvalue weighted by atomic mass is 79.9. The topological polar surface area (TPSA) is 46.6 Å². The normalized spacial score (nSPS) is 16.1. The molecule has 1 aliphatic rings. The Bertz CT molecular complexity index is 551. The first-order chi connectivity index (χ1) is 8.54. The van der Waals surface area contributed by atoms with E-state index in [4.69, 9.17) is 4.74 Å². The van der Waals surface area contributed by atoms with Crippen molar-refractivity contribution in [2.75, 3.05) is 18.6 Å². The van der Waals surface area contributed by atoms with Crippen LogP contribution in [-0.2, 0) is 14.3 Å². The molecule has 1 heterocycles. The number of hydrogen-bond acceptors (Lipinski definition) is 3. The van der Waals surface area contributed by atoms with Gasteiger partial charge in [-0.1, -0.05) is 15.9 Å². The standard InChI is InChI=1S/C13H12BrNO3/c1-3-18-12(16)7-10-9-6-8(14)4-5-11(9)15(2)13(10)17/h4-7H,3H2,1-2H3. The summed E-state index contributed by atoms with van der Waals surface area (Å²) in [5, 5.41) is 0.